The van der Waals surface area contributed by atoms with E-state index in [2.05, 4.69) is 6.92 Å². The van der Waals surface area contributed by atoms with Crippen molar-refractivity contribution in [3.05, 3.63) is 95.6 Å². The molecule has 0 aromatic heterocycles. The standard InChI is InChI=1S/C29H37NO4/c1-4-5-12-19-28(30,31)20-21-34-29(23-13-8-6-9-14-23,24-15-10-7-11-16-24)26-18-17-25(32-2)22-27(26)33-3/h6-11,13-18,22,31H,4-5,12,19-21,30H2,1-3H3. The lowest BCUT2D eigenvalue weighted by molar-refractivity contribution is -0.0420. The molecular formula is C29H37NO4. The van der Waals surface area contributed by atoms with Crippen LogP contribution < -0.4 is 15.2 Å². The largest absolute Gasteiger partial charge is 0.497 e. The van der Waals surface area contributed by atoms with Crippen LogP contribution in [0.5, 0.6) is 11.5 Å². The van der Waals surface area contributed by atoms with E-state index in [1.54, 1.807) is 14.2 Å². The molecule has 3 aromatic carbocycles. The molecule has 5 nitrogen and oxygen atoms in total. The summed E-state index contributed by atoms with van der Waals surface area (Å²) in [6.45, 7) is 2.40. The Morgan fingerprint density at radius 1 is 0.794 bits per heavy atom. The lowest BCUT2D eigenvalue weighted by Crippen LogP contribution is -2.42. The smallest absolute Gasteiger partial charge is 0.147 e. The highest BCUT2D eigenvalue weighted by molar-refractivity contribution is 5.54. The van der Waals surface area contributed by atoms with Gasteiger partial charge in [0, 0.05) is 18.1 Å². The average Bonchev–Trinajstić information content (AvgIpc) is 2.87. The SMILES string of the molecule is CCCCCC(N)(O)CCOC(c1ccccc1)(c1ccccc1)c1ccc(OC)cc1OC. The van der Waals surface area contributed by atoms with Crippen molar-refractivity contribution < 1.29 is 19.3 Å². The van der Waals surface area contributed by atoms with E-state index in [0.717, 1.165) is 36.0 Å². The van der Waals surface area contributed by atoms with Crippen LogP contribution in [0.1, 0.15) is 55.7 Å². The van der Waals surface area contributed by atoms with E-state index in [1.165, 1.54) is 0 Å². The average molecular weight is 464 g/mol. The predicted octanol–water partition coefficient (Wildman–Crippen LogP) is 5.63. The highest BCUT2D eigenvalue weighted by Crippen LogP contribution is 2.45. The van der Waals surface area contributed by atoms with Crippen LogP contribution in [0.4, 0.5) is 0 Å². The number of nitrogens with two attached hydrogens (primary N) is 1. The van der Waals surface area contributed by atoms with Crippen molar-refractivity contribution >= 4 is 0 Å². The quantitative estimate of drug-likeness (QED) is 0.195. The maximum atomic E-state index is 10.8. The Hall–Kier alpha value is -2.86. The number of unbranched alkanes of at least 4 members (excludes halogenated alkanes) is 2. The Bertz CT molecular complexity index is 966. The third-order valence-electron chi connectivity index (χ3n) is 6.22. The van der Waals surface area contributed by atoms with Crippen LogP contribution in [0, 0.1) is 0 Å². The molecular weight excluding hydrogens is 426 g/mol. The van der Waals surface area contributed by atoms with Crippen LogP contribution in [0.15, 0.2) is 78.9 Å². The molecule has 1 atom stereocenters. The van der Waals surface area contributed by atoms with Crippen LogP contribution in [0.25, 0.3) is 0 Å². The van der Waals surface area contributed by atoms with Gasteiger partial charge in [0.05, 0.1) is 20.8 Å². The number of benzene rings is 3. The van der Waals surface area contributed by atoms with Gasteiger partial charge in [-0.3, -0.25) is 0 Å². The van der Waals surface area contributed by atoms with Crippen LogP contribution in [-0.4, -0.2) is 31.7 Å². The summed E-state index contributed by atoms with van der Waals surface area (Å²) in [6.07, 6.45) is 3.87. The van der Waals surface area contributed by atoms with Gasteiger partial charge in [-0.1, -0.05) is 80.4 Å². The first kappa shape index (κ1) is 25.8. The molecule has 0 spiro atoms. The summed E-state index contributed by atoms with van der Waals surface area (Å²) in [6, 6.07) is 25.9. The van der Waals surface area contributed by atoms with E-state index in [-0.39, 0.29) is 6.61 Å². The molecule has 0 bridgehead atoms. The lowest BCUT2D eigenvalue weighted by atomic mass is 9.79. The number of rotatable bonds is 13. The van der Waals surface area contributed by atoms with Gasteiger partial charge in [0.2, 0.25) is 0 Å². The molecule has 0 saturated carbocycles. The Labute approximate surface area is 203 Å². The van der Waals surface area contributed by atoms with Crippen molar-refractivity contribution in [2.75, 3.05) is 20.8 Å². The van der Waals surface area contributed by atoms with Gasteiger partial charge < -0.3 is 25.1 Å². The molecule has 3 N–H and O–H groups in total. The highest BCUT2D eigenvalue weighted by atomic mass is 16.5. The second kappa shape index (κ2) is 12.0. The van der Waals surface area contributed by atoms with Gasteiger partial charge in [-0.2, -0.15) is 0 Å². The highest BCUT2D eigenvalue weighted by Gasteiger charge is 2.40. The molecule has 0 saturated heterocycles. The summed E-state index contributed by atoms with van der Waals surface area (Å²) in [5, 5.41) is 10.8. The molecule has 5 heteroatoms. The molecule has 3 aromatic rings. The minimum atomic E-state index is -1.28. The predicted molar refractivity (Wildman–Crippen MR) is 136 cm³/mol. The summed E-state index contributed by atoms with van der Waals surface area (Å²) >= 11 is 0. The second-order valence-corrected chi connectivity index (χ2v) is 8.64. The zero-order valence-electron chi connectivity index (χ0n) is 20.5. The van der Waals surface area contributed by atoms with Crippen LogP contribution >= 0.6 is 0 Å². The lowest BCUT2D eigenvalue weighted by Gasteiger charge is -2.37. The molecule has 0 aliphatic rings. The van der Waals surface area contributed by atoms with Crippen molar-refractivity contribution in [1.82, 2.24) is 0 Å². The Kier molecular flexibility index (Phi) is 9.11. The van der Waals surface area contributed by atoms with Crippen molar-refractivity contribution in [2.45, 2.75) is 50.4 Å². The number of hydrogen-bond acceptors (Lipinski definition) is 5. The fourth-order valence-electron chi connectivity index (χ4n) is 4.34. The monoisotopic (exact) mass is 463 g/mol. The van der Waals surface area contributed by atoms with Crippen LogP contribution in [0.3, 0.4) is 0 Å². The number of aliphatic hydroxyl groups is 1. The molecule has 0 amide bonds. The molecule has 0 fully saturated rings. The molecule has 182 valence electrons. The Balaban J connectivity index is 2.09. The van der Waals surface area contributed by atoms with Crippen molar-refractivity contribution in [3.63, 3.8) is 0 Å². The fraction of sp³-hybridized carbons (Fsp3) is 0.379. The summed E-state index contributed by atoms with van der Waals surface area (Å²) in [5.41, 5.74) is 6.74. The molecule has 34 heavy (non-hydrogen) atoms. The topological polar surface area (TPSA) is 73.9 Å². The van der Waals surface area contributed by atoms with Crippen molar-refractivity contribution in [2.24, 2.45) is 5.73 Å². The minimum absolute atomic E-state index is 0.262. The number of methoxy groups -OCH3 is 2. The van der Waals surface area contributed by atoms with Crippen molar-refractivity contribution in [1.29, 1.82) is 0 Å². The summed E-state index contributed by atoms with van der Waals surface area (Å²) in [7, 11) is 3.28. The van der Waals surface area contributed by atoms with E-state index in [4.69, 9.17) is 19.9 Å². The van der Waals surface area contributed by atoms with Crippen LogP contribution in [0.2, 0.25) is 0 Å². The number of hydrogen-bond donors (Lipinski definition) is 2. The van der Waals surface area contributed by atoms with Gasteiger partial charge in [-0.25, -0.2) is 0 Å². The molecule has 0 aliphatic carbocycles. The third kappa shape index (κ3) is 5.98. The summed E-state index contributed by atoms with van der Waals surface area (Å²) in [4.78, 5) is 0. The van der Waals surface area contributed by atoms with Gasteiger partial charge in [-0.15, -0.1) is 0 Å². The first-order valence-corrected chi connectivity index (χ1v) is 12.0. The molecule has 0 aliphatic heterocycles. The molecule has 0 heterocycles. The zero-order chi connectivity index (χ0) is 24.4. The maximum absolute atomic E-state index is 10.8. The summed E-state index contributed by atoms with van der Waals surface area (Å²) in [5.74, 6) is 1.35. The Morgan fingerprint density at radius 2 is 1.41 bits per heavy atom. The third-order valence-corrected chi connectivity index (χ3v) is 6.22. The van der Waals surface area contributed by atoms with E-state index in [9.17, 15) is 5.11 Å². The molecule has 0 radical (unpaired) electrons. The fourth-order valence-corrected chi connectivity index (χ4v) is 4.34. The second-order valence-electron chi connectivity index (χ2n) is 8.64. The first-order valence-electron chi connectivity index (χ1n) is 12.0. The van der Waals surface area contributed by atoms with Crippen LogP contribution in [-0.2, 0) is 10.3 Å². The summed E-state index contributed by atoms with van der Waals surface area (Å²) < 4.78 is 18.0. The Morgan fingerprint density at radius 3 is 1.94 bits per heavy atom. The van der Waals surface area contributed by atoms with Crippen molar-refractivity contribution in [3.8, 4) is 11.5 Å². The van der Waals surface area contributed by atoms with E-state index in [0.29, 0.717) is 24.3 Å². The van der Waals surface area contributed by atoms with Gasteiger partial charge in [0.15, 0.2) is 0 Å². The van der Waals surface area contributed by atoms with E-state index >= 15 is 0 Å². The van der Waals surface area contributed by atoms with E-state index < -0.39 is 11.3 Å². The van der Waals surface area contributed by atoms with Gasteiger partial charge in [-0.05, 0) is 36.1 Å². The maximum Gasteiger partial charge on any atom is 0.147 e. The van der Waals surface area contributed by atoms with Gasteiger partial charge >= 0.3 is 0 Å². The van der Waals surface area contributed by atoms with Gasteiger partial charge in [0.25, 0.3) is 0 Å². The minimum Gasteiger partial charge on any atom is -0.497 e. The number of ether oxygens (including phenoxy) is 3. The zero-order valence-corrected chi connectivity index (χ0v) is 20.5. The van der Waals surface area contributed by atoms with E-state index in [1.807, 2.05) is 78.9 Å². The van der Waals surface area contributed by atoms with Gasteiger partial charge in [0.1, 0.15) is 22.8 Å². The molecule has 1 unspecified atom stereocenters. The first-order chi connectivity index (χ1) is 16.5. The normalized spacial score (nSPS) is 13.3. The molecule has 3 rings (SSSR count).